The molecule has 4 nitrogen and oxygen atoms in total. The van der Waals surface area contributed by atoms with Crippen molar-refractivity contribution in [1.29, 1.82) is 0 Å². The summed E-state index contributed by atoms with van der Waals surface area (Å²) in [5, 5.41) is -1.65. The van der Waals surface area contributed by atoms with Gasteiger partial charge in [-0.15, -0.1) is 0 Å². The summed E-state index contributed by atoms with van der Waals surface area (Å²) in [5.74, 6) is -0.876. The van der Waals surface area contributed by atoms with Crippen molar-refractivity contribution in [3.8, 4) is 0 Å². The zero-order valence-electron chi connectivity index (χ0n) is 8.83. The second kappa shape index (κ2) is 6.69. The van der Waals surface area contributed by atoms with Crippen LogP contribution in [0.3, 0.4) is 0 Å². The second-order valence-corrected chi connectivity index (χ2v) is 5.10. The van der Waals surface area contributed by atoms with Crippen LogP contribution in [0.5, 0.6) is 0 Å². The predicted octanol–water partition coefficient (Wildman–Crippen LogP) is 2.08. The summed E-state index contributed by atoms with van der Waals surface area (Å²) in [7, 11) is 0. The van der Waals surface area contributed by atoms with E-state index in [9.17, 15) is 14.4 Å². The monoisotopic (exact) mass is 300 g/mol. The van der Waals surface area contributed by atoms with Gasteiger partial charge in [0.05, 0.1) is 12.0 Å². The summed E-state index contributed by atoms with van der Waals surface area (Å²) in [6.45, 7) is -0.309. The zero-order chi connectivity index (χ0) is 13.0. The Labute approximate surface area is 114 Å². The van der Waals surface area contributed by atoms with E-state index in [1.807, 2.05) is 0 Å². The third-order valence-corrected chi connectivity index (χ3v) is 3.51. The van der Waals surface area contributed by atoms with Gasteiger partial charge in [0.2, 0.25) is 15.7 Å². The summed E-state index contributed by atoms with van der Waals surface area (Å²) < 4.78 is 5.20. The van der Waals surface area contributed by atoms with Crippen molar-refractivity contribution < 1.29 is 19.1 Å². The van der Waals surface area contributed by atoms with Crippen LogP contribution in [-0.4, -0.2) is 28.4 Å². The van der Waals surface area contributed by atoms with Crippen LogP contribution in [0.25, 0.3) is 0 Å². The van der Waals surface area contributed by atoms with Gasteiger partial charge in [-0.25, -0.2) is 0 Å². The Kier molecular flexibility index (Phi) is 5.86. The summed E-state index contributed by atoms with van der Waals surface area (Å²) in [6, 6.07) is 0. The predicted molar refractivity (Wildman–Crippen MR) is 63.2 cm³/mol. The minimum Gasteiger partial charge on any atom is -0.368 e. The molecule has 17 heavy (non-hydrogen) atoms. The first-order valence-corrected chi connectivity index (χ1v) is 6.23. The van der Waals surface area contributed by atoms with Gasteiger partial charge in [0.1, 0.15) is 6.61 Å². The number of rotatable bonds is 5. The first-order valence-electron chi connectivity index (χ1n) is 5.10. The van der Waals surface area contributed by atoms with Gasteiger partial charge in [-0.05, 0) is 54.1 Å². The molecule has 0 bridgehead atoms. The van der Waals surface area contributed by atoms with Crippen molar-refractivity contribution >= 4 is 50.5 Å². The molecule has 3 atom stereocenters. The molecule has 7 heteroatoms. The number of hydrogen-bond acceptors (Lipinski definition) is 4. The Morgan fingerprint density at radius 1 is 1.06 bits per heavy atom. The number of carbonyl (C=O) groups excluding carboxylic acids is 3. The van der Waals surface area contributed by atoms with E-state index in [0.29, 0.717) is 12.8 Å². The summed E-state index contributed by atoms with van der Waals surface area (Å²) in [6.07, 6.45) is 0.631. The number of ether oxygens (including phenoxy) is 1. The minimum absolute atomic E-state index is 0.287. The Morgan fingerprint density at radius 2 is 1.71 bits per heavy atom. The molecule has 0 aromatic carbocycles. The molecule has 1 rings (SSSR count). The Morgan fingerprint density at radius 3 is 2.18 bits per heavy atom. The van der Waals surface area contributed by atoms with Crippen molar-refractivity contribution in [2.75, 3.05) is 6.61 Å². The summed E-state index contributed by atoms with van der Waals surface area (Å²) in [4.78, 5) is 32.8. The average Bonchev–Trinajstić information content (AvgIpc) is 2.25. The van der Waals surface area contributed by atoms with E-state index >= 15 is 0 Å². The zero-order valence-corrected chi connectivity index (χ0v) is 11.1. The van der Waals surface area contributed by atoms with Crippen LogP contribution >= 0.6 is 34.8 Å². The van der Waals surface area contributed by atoms with E-state index in [2.05, 4.69) is 0 Å². The van der Waals surface area contributed by atoms with Gasteiger partial charge in [0.25, 0.3) is 0 Å². The maximum absolute atomic E-state index is 11.2. The van der Waals surface area contributed by atoms with Crippen molar-refractivity contribution in [2.45, 2.75) is 25.4 Å². The molecule has 0 radical (unpaired) electrons. The van der Waals surface area contributed by atoms with Crippen molar-refractivity contribution in [1.82, 2.24) is 0 Å². The molecule has 1 fully saturated rings. The highest BCUT2D eigenvalue weighted by molar-refractivity contribution is 6.64. The SMILES string of the molecule is O=C(Cl)COC1CC(C(=O)Cl)CCC1C(=O)Cl. The van der Waals surface area contributed by atoms with Gasteiger partial charge in [-0.1, -0.05) is 0 Å². The van der Waals surface area contributed by atoms with E-state index < -0.39 is 27.7 Å². The topological polar surface area (TPSA) is 60.4 Å². The van der Waals surface area contributed by atoms with Crippen LogP contribution in [0.4, 0.5) is 0 Å². The highest BCUT2D eigenvalue weighted by atomic mass is 35.5. The first kappa shape index (κ1) is 14.9. The molecule has 96 valence electrons. The standard InChI is InChI=1S/C10H11Cl3O4/c11-8(14)4-17-7-3-5(9(12)15)1-2-6(7)10(13)16/h5-7H,1-4H2. The van der Waals surface area contributed by atoms with Crippen LogP contribution in [0.2, 0.25) is 0 Å². The third kappa shape index (κ3) is 4.54. The lowest BCUT2D eigenvalue weighted by Gasteiger charge is -2.32. The van der Waals surface area contributed by atoms with E-state index in [0.717, 1.165) is 0 Å². The highest BCUT2D eigenvalue weighted by Crippen LogP contribution is 2.33. The Balaban J connectivity index is 2.65. The lowest BCUT2D eigenvalue weighted by Crippen LogP contribution is -2.37. The summed E-state index contributed by atoms with van der Waals surface area (Å²) in [5.41, 5.74) is 0. The van der Waals surface area contributed by atoms with Crippen molar-refractivity contribution in [2.24, 2.45) is 11.8 Å². The molecule has 0 heterocycles. The molecule has 0 saturated heterocycles. The van der Waals surface area contributed by atoms with Gasteiger partial charge in [0, 0.05) is 5.92 Å². The van der Waals surface area contributed by atoms with Crippen LogP contribution in [0.1, 0.15) is 19.3 Å². The maximum atomic E-state index is 11.2. The van der Waals surface area contributed by atoms with Gasteiger partial charge in [0.15, 0.2) is 0 Å². The van der Waals surface area contributed by atoms with Crippen LogP contribution in [0.15, 0.2) is 0 Å². The fourth-order valence-corrected chi connectivity index (χ4v) is 2.46. The quantitative estimate of drug-likeness (QED) is 0.730. The minimum atomic E-state index is -0.662. The molecule has 0 amide bonds. The second-order valence-electron chi connectivity index (χ2n) is 3.93. The van der Waals surface area contributed by atoms with E-state index in [4.69, 9.17) is 39.5 Å². The number of carbonyl (C=O) groups is 3. The molecule has 0 aliphatic heterocycles. The van der Waals surface area contributed by atoms with Crippen LogP contribution < -0.4 is 0 Å². The van der Waals surface area contributed by atoms with Gasteiger partial charge >= 0.3 is 0 Å². The lowest BCUT2D eigenvalue weighted by atomic mass is 9.81. The third-order valence-electron chi connectivity index (χ3n) is 2.82. The van der Waals surface area contributed by atoms with E-state index in [-0.39, 0.29) is 18.9 Å². The highest BCUT2D eigenvalue weighted by Gasteiger charge is 2.37. The molecule has 1 saturated carbocycles. The Hall–Kier alpha value is -0.160. The largest absolute Gasteiger partial charge is 0.368 e. The maximum Gasteiger partial charge on any atom is 0.247 e. The van der Waals surface area contributed by atoms with Crippen molar-refractivity contribution in [3.05, 3.63) is 0 Å². The van der Waals surface area contributed by atoms with Gasteiger partial charge in [-0.3, -0.25) is 14.4 Å². The number of hydrogen-bond donors (Lipinski definition) is 0. The lowest BCUT2D eigenvalue weighted by molar-refractivity contribution is -0.132. The van der Waals surface area contributed by atoms with E-state index in [1.165, 1.54) is 0 Å². The fraction of sp³-hybridized carbons (Fsp3) is 0.700. The fourth-order valence-electron chi connectivity index (χ4n) is 1.95. The van der Waals surface area contributed by atoms with Crippen LogP contribution in [0, 0.1) is 11.8 Å². The molecule has 1 aliphatic carbocycles. The smallest absolute Gasteiger partial charge is 0.247 e. The number of halogens is 3. The van der Waals surface area contributed by atoms with Crippen molar-refractivity contribution in [3.63, 3.8) is 0 Å². The molecular formula is C10H11Cl3O4. The molecule has 0 N–H and O–H groups in total. The molecule has 0 aromatic heterocycles. The normalized spacial score (nSPS) is 28.8. The molecule has 0 aromatic rings. The molecule has 1 aliphatic rings. The first-order chi connectivity index (χ1) is 7.91. The molecule has 0 spiro atoms. The van der Waals surface area contributed by atoms with Gasteiger partial charge < -0.3 is 4.74 Å². The van der Waals surface area contributed by atoms with Gasteiger partial charge in [-0.2, -0.15) is 0 Å². The average molecular weight is 302 g/mol. The summed E-state index contributed by atoms with van der Waals surface area (Å²) >= 11 is 16.0. The van der Waals surface area contributed by atoms with Crippen LogP contribution in [-0.2, 0) is 19.1 Å². The molecular weight excluding hydrogens is 290 g/mol. The van der Waals surface area contributed by atoms with E-state index in [1.54, 1.807) is 0 Å². The molecule has 3 unspecified atom stereocenters. The Bertz CT molecular complexity index is 332.